The molecule has 3 heteroatoms. The van der Waals surface area contributed by atoms with E-state index in [1.165, 1.54) is 6.42 Å². The average Bonchev–Trinajstić information content (AvgIpc) is 2.46. The van der Waals surface area contributed by atoms with Crippen LogP contribution >= 0.6 is 0 Å². The lowest BCUT2D eigenvalue weighted by Gasteiger charge is -2.27. The predicted octanol–water partition coefficient (Wildman–Crippen LogP) is 0.317. The van der Waals surface area contributed by atoms with Crippen molar-refractivity contribution in [2.75, 3.05) is 26.3 Å². The molecule has 0 aromatic heterocycles. The first-order chi connectivity index (χ1) is 6.19. The Morgan fingerprint density at radius 2 is 2.15 bits per heavy atom. The number of hydrogen-bond donors (Lipinski definition) is 2. The van der Waals surface area contributed by atoms with Crippen molar-refractivity contribution in [3.05, 3.63) is 0 Å². The van der Waals surface area contributed by atoms with Crippen LogP contribution in [0.2, 0.25) is 0 Å². The Labute approximate surface area is 80.4 Å². The van der Waals surface area contributed by atoms with Crippen LogP contribution in [0.15, 0.2) is 0 Å². The molecule has 3 nitrogen and oxygen atoms in total. The molecule has 1 heterocycles. The van der Waals surface area contributed by atoms with Crippen LogP contribution in [-0.4, -0.2) is 47.5 Å². The minimum absolute atomic E-state index is 0.239. The van der Waals surface area contributed by atoms with Crippen molar-refractivity contribution >= 4 is 0 Å². The molecule has 1 aliphatic rings. The highest BCUT2D eigenvalue weighted by Gasteiger charge is 2.30. The van der Waals surface area contributed by atoms with E-state index in [1.807, 2.05) is 6.92 Å². The van der Waals surface area contributed by atoms with Gasteiger partial charge < -0.3 is 10.2 Å². The summed E-state index contributed by atoms with van der Waals surface area (Å²) >= 11 is 0. The smallest absolute Gasteiger partial charge is 0.0589 e. The summed E-state index contributed by atoms with van der Waals surface area (Å²) in [6.45, 7) is 6.69. The van der Waals surface area contributed by atoms with Crippen molar-refractivity contribution in [1.29, 1.82) is 0 Å². The number of aliphatic hydroxyl groups is 2. The summed E-state index contributed by atoms with van der Waals surface area (Å²) in [5, 5.41) is 18.1. The zero-order chi connectivity index (χ0) is 9.84. The fourth-order valence-corrected chi connectivity index (χ4v) is 2.07. The standard InChI is InChI=1S/C10H21NO2/c1-8(6-12)5-11-4-3-9(2)10(11)7-13/h8-10,12-13H,3-7H2,1-2H3. The first kappa shape index (κ1) is 11.0. The molecular formula is C10H21NO2. The molecule has 0 bridgehead atoms. The van der Waals surface area contributed by atoms with Crippen molar-refractivity contribution in [3.63, 3.8) is 0 Å². The van der Waals surface area contributed by atoms with E-state index in [2.05, 4.69) is 11.8 Å². The van der Waals surface area contributed by atoms with Crippen LogP contribution < -0.4 is 0 Å². The summed E-state index contributed by atoms with van der Waals surface area (Å²) in [7, 11) is 0. The van der Waals surface area contributed by atoms with Gasteiger partial charge in [0, 0.05) is 19.2 Å². The number of nitrogens with zero attached hydrogens (tertiary/aromatic N) is 1. The van der Waals surface area contributed by atoms with E-state index in [4.69, 9.17) is 5.11 Å². The zero-order valence-corrected chi connectivity index (χ0v) is 8.61. The summed E-state index contributed by atoms with van der Waals surface area (Å²) in [5.74, 6) is 0.912. The van der Waals surface area contributed by atoms with Gasteiger partial charge in [0.1, 0.15) is 0 Å². The Kier molecular flexibility index (Phi) is 4.16. The fourth-order valence-electron chi connectivity index (χ4n) is 2.07. The minimum Gasteiger partial charge on any atom is -0.396 e. The first-order valence-electron chi connectivity index (χ1n) is 5.14. The van der Waals surface area contributed by atoms with Crippen LogP contribution in [0.3, 0.4) is 0 Å². The lowest BCUT2D eigenvalue weighted by molar-refractivity contribution is 0.111. The lowest BCUT2D eigenvalue weighted by atomic mass is 10.0. The van der Waals surface area contributed by atoms with Gasteiger partial charge in [0.25, 0.3) is 0 Å². The largest absolute Gasteiger partial charge is 0.396 e. The van der Waals surface area contributed by atoms with Gasteiger partial charge in [0.15, 0.2) is 0 Å². The van der Waals surface area contributed by atoms with Crippen molar-refractivity contribution in [1.82, 2.24) is 4.90 Å². The molecule has 0 saturated carbocycles. The molecule has 0 aromatic rings. The molecule has 2 N–H and O–H groups in total. The second-order valence-corrected chi connectivity index (χ2v) is 4.30. The molecular weight excluding hydrogens is 166 g/mol. The molecule has 1 saturated heterocycles. The highest BCUT2D eigenvalue weighted by Crippen LogP contribution is 2.24. The third kappa shape index (κ3) is 2.66. The Balaban J connectivity index is 2.41. The molecule has 0 radical (unpaired) electrons. The fraction of sp³-hybridized carbons (Fsp3) is 1.00. The monoisotopic (exact) mass is 187 g/mol. The maximum atomic E-state index is 9.19. The van der Waals surface area contributed by atoms with Gasteiger partial charge in [-0.2, -0.15) is 0 Å². The van der Waals surface area contributed by atoms with E-state index >= 15 is 0 Å². The van der Waals surface area contributed by atoms with Crippen molar-refractivity contribution in [2.24, 2.45) is 11.8 Å². The molecule has 13 heavy (non-hydrogen) atoms. The van der Waals surface area contributed by atoms with Crippen molar-refractivity contribution in [3.8, 4) is 0 Å². The van der Waals surface area contributed by atoms with Crippen LogP contribution in [0.5, 0.6) is 0 Å². The van der Waals surface area contributed by atoms with Gasteiger partial charge in [-0.05, 0) is 24.8 Å². The zero-order valence-electron chi connectivity index (χ0n) is 8.61. The Morgan fingerprint density at radius 1 is 1.46 bits per heavy atom. The molecule has 1 fully saturated rings. The quantitative estimate of drug-likeness (QED) is 0.666. The number of aliphatic hydroxyl groups excluding tert-OH is 2. The molecule has 1 rings (SSSR count). The maximum absolute atomic E-state index is 9.19. The summed E-state index contributed by atoms with van der Waals surface area (Å²) in [4.78, 5) is 2.30. The van der Waals surface area contributed by atoms with E-state index in [1.54, 1.807) is 0 Å². The van der Waals surface area contributed by atoms with E-state index in [0.29, 0.717) is 17.9 Å². The summed E-state index contributed by atoms with van der Waals surface area (Å²) in [6, 6.07) is 0.314. The molecule has 0 amide bonds. The van der Waals surface area contributed by atoms with Crippen LogP contribution in [0.1, 0.15) is 20.3 Å². The Bertz CT molecular complexity index is 152. The van der Waals surface area contributed by atoms with E-state index < -0.39 is 0 Å². The number of rotatable bonds is 4. The van der Waals surface area contributed by atoms with E-state index in [-0.39, 0.29) is 13.2 Å². The SMILES string of the molecule is CC(CO)CN1CCC(C)C1CO. The minimum atomic E-state index is 0.239. The van der Waals surface area contributed by atoms with Crippen molar-refractivity contribution in [2.45, 2.75) is 26.3 Å². The van der Waals surface area contributed by atoms with E-state index in [9.17, 15) is 5.11 Å². The van der Waals surface area contributed by atoms with Gasteiger partial charge in [-0.25, -0.2) is 0 Å². The molecule has 3 unspecified atom stereocenters. The molecule has 78 valence electrons. The predicted molar refractivity (Wildman–Crippen MR) is 52.5 cm³/mol. The van der Waals surface area contributed by atoms with Crippen LogP contribution in [-0.2, 0) is 0 Å². The lowest BCUT2D eigenvalue weighted by Crippen LogP contribution is -2.38. The molecule has 1 aliphatic heterocycles. The third-order valence-corrected chi connectivity index (χ3v) is 3.04. The summed E-state index contributed by atoms with van der Waals surface area (Å²) in [5.41, 5.74) is 0. The van der Waals surface area contributed by atoms with Gasteiger partial charge in [0.05, 0.1) is 6.61 Å². The van der Waals surface area contributed by atoms with Crippen molar-refractivity contribution < 1.29 is 10.2 Å². The first-order valence-corrected chi connectivity index (χ1v) is 5.14. The van der Waals surface area contributed by atoms with Gasteiger partial charge >= 0.3 is 0 Å². The van der Waals surface area contributed by atoms with Gasteiger partial charge in [-0.3, -0.25) is 4.90 Å². The van der Waals surface area contributed by atoms with Crippen LogP contribution in [0.25, 0.3) is 0 Å². The van der Waals surface area contributed by atoms with Gasteiger partial charge in [0.2, 0.25) is 0 Å². The maximum Gasteiger partial charge on any atom is 0.0589 e. The topological polar surface area (TPSA) is 43.7 Å². The molecule has 3 atom stereocenters. The third-order valence-electron chi connectivity index (χ3n) is 3.04. The van der Waals surface area contributed by atoms with Gasteiger partial charge in [-0.1, -0.05) is 13.8 Å². The molecule has 0 spiro atoms. The normalized spacial score (nSPS) is 32.3. The molecule has 0 aromatic carbocycles. The Morgan fingerprint density at radius 3 is 2.69 bits per heavy atom. The average molecular weight is 187 g/mol. The number of hydrogen-bond acceptors (Lipinski definition) is 3. The highest BCUT2D eigenvalue weighted by molar-refractivity contribution is 4.84. The summed E-state index contributed by atoms with van der Waals surface area (Å²) < 4.78 is 0. The van der Waals surface area contributed by atoms with Gasteiger partial charge in [-0.15, -0.1) is 0 Å². The second kappa shape index (κ2) is 4.94. The summed E-state index contributed by atoms with van der Waals surface area (Å²) in [6.07, 6.45) is 1.17. The number of likely N-dealkylation sites (tertiary alicyclic amines) is 1. The van der Waals surface area contributed by atoms with E-state index in [0.717, 1.165) is 13.1 Å². The highest BCUT2D eigenvalue weighted by atomic mass is 16.3. The van der Waals surface area contributed by atoms with Crippen LogP contribution in [0.4, 0.5) is 0 Å². The second-order valence-electron chi connectivity index (χ2n) is 4.30. The van der Waals surface area contributed by atoms with Crippen LogP contribution in [0, 0.1) is 11.8 Å². The Hall–Kier alpha value is -0.120. The molecule has 0 aliphatic carbocycles.